The molecule has 27 heavy (non-hydrogen) atoms. The molecule has 0 aliphatic heterocycles. The summed E-state index contributed by atoms with van der Waals surface area (Å²) in [5.41, 5.74) is 1.89. The lowest BCUT2D eigenvalue weighted by Crippen LogP contribution is -2.43. The van der Waals surface area contributed by atoms with E-state index in [-0.39, 0.29) is 23.5 Å². The topological polar surface area (TPSA) is 69.7 Å². The summed E-state index contributed by atoms with van der Waals surface area (Å²) in [7, 11) is 0. The van der Waals surface area contributed by atoms with Gasteiger partial charge in [0.25, 0.3) is 0 Å². The number of benzene rings is 1. The molecule has 0 heterocycles. The molecule has 4 rings (SSSR count). The van der Waals surface area contributed by atoms with Crippen LogP contribution in [0.3, 0.4) is 0 Å². The third-order valence-corrected chi connectivity index (χ3v) is 7.01. The molecule has 1 aromatic rings. The van der Waals surface area contributed by atoms with E-state index >= 15 is 0 Å². The number of hydrogen-bond donors (Lipinski definition) is 0. The minimum Gasteiger partial charge on any atom is -0.458 e. The summed E-state index contributed by atoms with van der Waals surface area (Å²) in [5.74, 6) is 1.24. The first-order chi connectivity index (χ1) is 12.8. The summed E-state index contributed by atoms with van der Waals surface area (Å²) in [6.07, 6.45) is 3.86. The van der Waals surface area contributed by atoms with Crippen LogP contribution in [-0.4, -0.2) is 17.7 Å². The average Bonchev–Trinajstić information content (AvgIpc) is 2.89. The number of rotatable bonds is 2. The van der Waals surface area contributed by atoms with Crippen molar-refractivity contribution in [1.29, 1.82) is 0 Å². The van der Waals surface area contributed by atoms with Crippen LogP contribution in [0.5, 0.6) is 5.75 Å². The molecule has 3 aliphatic rings. The molecule has 1 aromatic carbocycles. The largest absolute Gasteiger partial charge is 0.458 e. The highest BCUT2D eigenvalue weighted by Gasteiger charge is 2.55. The Morgan fingerprint density at radius 3 is 2.59 bits per heavy atom. The zero-order valence-electron chi connectivity index (χ0n) is 16.1. The van der Waals surface area contributed by atoms with Gasteiger partial charge >= 0.3 is 11.9 Å². The Morgan fingerprint density at radius 2 is 1.89 bits per heavy atom. The van der Waals surface area contributed by atoms with Crippen LogP contribution in [0.4, 0.5) is 0 Å². The van der Waals surface area contributed by atoms with Crippen molar-refractivity contribution in [2.75, 3.05) is 0 Å². The molecule has 0 amide bonds. The number of carbonyl (C=O) groups excluding carboxylic acids is 3. The van der Waals surface area contributed by atoms with Crippen molar-refractivity contribution in [3.05, 3.63) is 29.3 Å². The maximum Gasteiger partial charge on any atom is 0.308 e. The van der Waals surface area contributed by atoms with Crippen LogP contribution in [0, 0.1) is 17.3 Å². The lowest BCUT2D eigenvalue weighted by molar-refractivity contribution is -0.150. The number of Topliss-reactive ketones (excluding diaryl/α,β-unsaturated/α-hetero) is 1. The zero-order chi connectivity index (χ0) is 19.3. The molecule has 0 saturated heterocycles. The Hall–Kier alpha value is -2.17. The van der Waals surface area contributed by atoms with Crippen LogP contribution in [0.1, 0.15) is 76.0 Å². The Kier molecular flexibility index (Phi) is 4.36. The standard InChI is InChI=1S/C22H26O5/c1-12(23)26-14-4-5-15-16-8-9-22(3)19(6-7-21(22)25)17(16)11-20(18(15)10-14)27-13(2)24/h4-5,10,16-17,19-20H,6-9,11H2,1-3H3/t16-,17-,19+,20-,22+/m1/s1. The lowest BCUT2D eigenvalue weighted by Gasteiger charge is -2.49. The molecule has 0 spiro atoms. The summed E-state index contributed by atoms with van der Waals surface area (Å²) >= 11 is 0. The van der Waals surface area contributed by atoms with Crippen molar-refractivity contribution in [2.24, 2.45) is 17.3 Å². The molecule has 2 fully saturated rings. The molecule has 3 aliphatic carbocycles. The predicted molar refractivity (Wildman–Crippen MR) is 98.2 cm³/mol. The monoisotopic (exact) mass is 370 g/mol. The normalized spacial score (nSPS) is 34.3. The van der Waals surface area contributed by atoms with Crippen LogP contribution < -0.4 is 4.74 Å². The smallest absolute Gasteiger partial charge is 0.308 e. The Morgan fingerprint density at radius 1 is 1.11 bits per heavy atom. The van der Waals surface area contributed by atoms with Crippen molar-refractivity contribution in [2.45, 2.75) is 64.9 Å². The van der Waals surface area contributed by atoms with Gasteiger partial charge in [0.05, 0.1) is 0 Å². The van der Waals surface area contributed by atoms with E-state index in [0.717, 1.165) is 31.2 Å². The van der Waals surface area contributed by atoms with Gasteiger partial charge in [-0.3, -0.25) is 14.4 Å². The fourth-order valence-corrected chi connectivity index (χ4v) is 5.86. The average molecular weight is 370 g/mol. The Balaban J connectivity index is 1.74. The first kappa shape index (κ1) is 18.2. The van der Waals surface area contributed by atoms with Crippen molar-refractivity contribution in [3.63, 3.8) is 0 Å². The summed E-state index contributed by atoms with van der Waals surface area (Å²) in [4.78, 5) is 35.6. The number of esters is 2. The Bertz CT molecular complexity index is 813. The second kappa shape index (κ2) is 6.47. The van der Waals surface area contributed by atoms with Gasteiger partial charge in [-0.05, 0) is 66.7 Å². The highest BCUT2D eigenvalue weighted by atomic mass is 16.5. The van der Waals surface area contributed by atoms with E-state index in [2.05, 4.69) is 6.92 Å². The molecule has 0 aromatic heterocycles. The molecule has 0 radical (unpaired) electrons. The van der Waals surface area contributed by atoms with E-state index in [1.54, 1.807) is 0 Å². The van der Waals surface area contributed by atoms with Crippen LogP contribution in [0.25, 0.3) is 0 Å². The van der Waals surface area contributed by atoms with E-state index in [1.807, 2.05) is 18.2 Å². The predicted octanol–water partition coefficient (Wildman–Crippen LogP) is 4.10. The molecule has 2 saturated carbocycles. The number of hydrogen-bond acceptors (Lipinski definition) is 5. The van der Waals surface area contributed by atoms with E-state index in [4.69, 9.17) is 9.47 Å². The van der Waals surface area contributed by atoms with Crippen molar-refractivity contribution >= 4 is 17.7 Å². The van der Waals surface area contributed by atoms with Gasteiger partial charge in [0.2, 0.25) is 0 Å². The molecule has 0 bridgehead atoms. The maximum atomic E-state index is 12.5. The first-order valence-electron chi connectivity index (χ1n) is 9.82. The van der Waals surface area contributed by atoms with Gasteiger partial charge < -0.3 is 9.47 Å². The summed E-state index contributed by atoms with van der Waals surface area (Å²) in [6.45, 7) is 4.92. The minimum absolute atomic E-state index is 0.225. The van der Waals surface area contributed by atoms with Crippen molar-refractivity contribution in [1.82, 2.24) is 0 Å². The minimum atomic E-state index is -0.370. The van der Waals surface area contributed by atoms with Gasteiger partial charge in [0.15, 0.2) is 0 Å². The molecule has 5 atom stereocenters. The fourth-order valence-electron chi connectivity index (χ4n) is 5.86. The number of carbonyl (C=O) groups is 3. The maximum absolute atomic E-state index is 12.5. The second-order valence-electron chi connectivity index (χ2n) is 8.51. The molecule has 0 N–H and O–H groups in total. The quantitative estimate of drug-likeness (QED) is 0.579. The number of fused-ring (bicyclic) bond motifs is 5. The number of ether oxygens (including phenoxy) is 2. The van der Waals surface area contributed by atoms with Gasteiger partial charge in [-0.2, -0.15) is 0 Å². The van der Waals surface area contributed by atoms with Crippen LogP contribution >= 0.6 is 0 Å². The van der Waals surface area contributed by atoms with E-state index in [9.17, 15) is 14.4 Å². The summed E-state index contributed by atoms with van der Waals surface area (Å²) < 4.78 is 10.9. The SMILES string of the molecule is CC(=O)Oc1ccc2c(c1)[C@H](OC(C)=O)C[C@@H]1[C@@H]2CC[C@]2(C)C(=O)CC[C@@H]12. The summed E-state index contributed by atoms with van der Waals surface area (Å²) in [5, 5.41) is 0. The van der Waals surface area contributed by atoms with E-state index < -0.39 is 0 Å². The van der Waals surface area contributed by atoms with Gasteiger partial charge in [0.1, 0.15) is 17.6 Å². The van der Waals surface area contributed by atoms with Crippen LogP contribution in [-0.2, 0) is 19.1 Å². The van der Waals surface area contributed by atoms with Gasteiger partial charge in [-0.1, -0.05) is 13.0 Å². The Labute approximate surface area is 159 Å². The zero-order valence-corrected chi connectivity index (χ0v) is 16.1. The molecule has 144 valence electrons. The van der Waals surface area contributed by atoms with Gasteiger partial charge in [-0.25, -0.2) is 0 Å². The van der Waals surface area contributed by atoms with E-state index in [0.29, 0.717) is 35.7 Å². The molecular formula is C22H26O5. The molecule has 5 nitrogen and oxygen atoms in total. The third kappa shape index (κ3) is 2.97. The molecule has 0 unspecified atom stereocenters. The van der Waals surface area contributed by atoms with Crippen LogP contribution in [0.2, 0.25) is 0 Å². The van der Waals surface area contributed by atoms with Gasteiger partial charge in [0, 0.05) is 25.7 Å². The third-order valence-electron chi connectivity index (χ3n) is 7.01. The molecule has 5 heteroatoms. The highest BCUT2D eigenvalue weighted by molar-refractivity contribution is 5.87. The van der Waals surface area contributed by atoms with E-state index in [1.165, 1.54) is 19.4 Å². The second-order valence-corrected chi connectivity index (χ2v) is 8.51. The molecular weight excluding hydrogens is 344 g/mol. The highest BCUT2D eigenvalue weighted by Crippen LogP contribution is 2.61. The van der Waals surface area contributed by atoms with Crippen LogP contribution in [0.15, 0.2) is 18.2 Å². The fraction of sp³-hybridized carbons (Fsp3) is 0.591. The lowest BCUT2D eigenvalue weighted by atomic mass is 9.55. The van der Waals surface area contributed by atoms with Crippen molar-refractivity contribution in [3.8, 4) is 5.75 Å². The summed E-state index contributed by atoms with van der Waals surface area (Å²) in [6, 6.07) is 5.68. The van der Waals surface area contributed by atoms with Crippen molar-refractivity contribution < 1.29 is 23.9 Å². The number of ketones is 1. The first-order valence-corrected chi connectivity index (χ1v) is 9.82. The van der Waals surface area contributed by atoms with Gasteiger partial charge in [-0.15, -0.1) is 0 Å².